The summed E-state index contributed by atoms with van der Waals surface area (Å²) in [4.78, 5) is 0. The maximum absolute atomic E-state index is 11.9. The predicted molar refractivity (Wildman–Crippen MR) is 35.9 cm³/mol. The Bertz CT molecular complexity index is 260. The van der Waals surface area contributed by atoms with Gasteiger partial charge < -0.3 is 12.4 Å². The third-order valence-electron chi connectivity index (χ3n) is 1.25. The van der Waals surface area contributed by atoms with Crippen LogP contribution in [0.5, 0.6) is 0 Å². The van der Waals surface area contributed by atoms with Crippen molar-refractivity contribution in [3.63, 3.8) is 0 Å². The van der Waals surface area contributed by atoms with Crippen molar-refractivity contribution in [1.82, 2.24) is 0 Å². The second kappa shape index (κ2) is 5.43. The minimum atomic E-state index is -4.26. The normalized spacial score (nSPS) is 9.77. The number of hydrogen-bond donors (Lipinski definition) is 0. The molecule has 0 aliphatic rings. The first-order valence-electron chi connectivity index (χ1n) is 2.99. The molecular formula is C8H6ClF3Mn. The molecule has 73 valence electrons. The van der Waals surface area contributed by atoms with Crippen LogP contribution in [0.15, 0.2) is 24.3 Å². The van der Waals surface area contributed by atoms with E-state index in [9.17, 15) is 13.2 Å². The molecule has 0 bridgehead atoms. The summed E-state index contributed by atoms with van der Waals surface area (Å²) in [5.41, 5.74) is -0.273. The molecule has 0 aliphatic carbocycles. The number of alkyl halides is 3. The Morgan fingerprint density at radius 3 is 2.00 bits per heavy atom. The molecule has 1 radical (unpaired) electrons. The average molecular weight is 250 g/mol. The fourth-order valence-electron chi connectivity index (χ4n) is 0.748. The summed E-state index contributed by atoms with van der Waals surface area (Å²) in [6, 6.07) is 4.90. The molecule has 0 fully saturated rings. The molecule has 0 saturated carbocycles. The van der Waals surface area contributed by atoms with E-state index in [1.807, 2.05) is 0 Å². The van der Waals surface area contributed by atoms with E-state index in [0.717, 1.165) is 12.1 Å². The Hall–Kier alpha value is -0.311. The van der Waals surface area contributed by atoms with Gasteiger partial charge in [0.05, 0.1) is 0 Å². The molecule has 0 unspecified atom stereocenters. The molecule has 0 aliphatic heterocycles. The molecule has 5 heteroatoms. The van der Waals surface area contributed by atoms with E-state index in [4.69, 9.17) is 0 Å². The van der Waals surface area contributed by atoms with Crippen LogP contribution < -0.4 is 12.4 Å². The van der Waals surface area contributed by atoms with Crippen molar-refractivity contribution in [2.75, 3.05) is 0 Å². The number of rotatable bonds is 0. The molecule has 0 heterocycles. The van der Waals surface area contributed by atoms with Crippen LogP contribution in [-0.2, 0) is 23.2 Å². The fraction of sp³-hybridized carbons (Fsp3) is 0.125. The Kier molecular flexibility index (Phi) is 6.33. The summed E-state index contributed by atoms with van der Waals surface area (Å²) in [5, 5.41) is 0. The van der Waals surface area contributed by atoms with Crippen molar-refractivity contribution in [3.8, 4) is 0 Å². The van der Waals surface area contributed by atoms with Crippen LogP contribution in [0, 0.1) is 6.92 Å². The van der Waals surface area contributed by atoms with E-state index in [-0.39, 0.29) is 29.5 Å². The van der Waals surface area contributed by atoms with Gasteiger partial charge in [0.1, 0.15) is 0 Å². The van der Waals surface area contributed by atoms with E-state index >= 15 is 0 Å². The first-order valence-corrected chi connectivity index (χ1v) is 2.99. The molecule has 0 aromatic heterocycles. The van der Waals surface area contributed by atoms with Crippen LogP contribution in [0.25, 0.3) is 0 Å². The molecule has 0 saturated heterocycles. The van der Waals surface area contributed by atoms with Crippen molar-refractivity contribution < 1.29 is 42.6 Å². The molecule has 0 atom stereocenters. The quantitative estimate of drug-likeness (QED) is 0.445. The van der Waals surface area contributed by atoms with Gasteiger partial charge in [-0.3, -0.25) is 0 Å². The van der Waals surface area contributed by atoms with Gasteiger partial charge in [-0.2, -0.15) is 37.8 Å². The number of benzene rings is 1. The van der Waals surface area contributed by atoms with E-state index in [2.05, 4.69) is 6.92 Å². The molecule has 1 aromatic rings. The topological polar surface area (TPSA) is 0 Å². The van der Waals surface area contributed by atoms with Gasteiger partial charge in [0.25, 0.3) is 0 Å². The molecule has 0 nitrogen and oxygen atoms in total. The van der Waals surface area contributed by atoms with Gasteiger partial charge in [-0.15, -0.1) is 6.07 Å². The Morgan fingerprint density at radius 1 is 1.15 bits per heavy atom. The zero-order chi connectivity index (χ0) is 8.48. The fourth-order valence-corrected chi connectivity index (χ4v) is 0.748. The zero-order valence-electron chi connectivity index (χ0n) is 6.41. The van der Waals surface area contributed by atoms with Gasteiger partial charge in [0.2, 0.25) is 0 Å². The molecular weight excluding hydrogens is 243 g/mol. The molecule has 1 rings (SSSR count). The summed E-state index contributed by atoms with van der Waals surface area (Å²) in [6.45, 7) is 3.39. The van der Waals surface area contributed by atoms with E-state index < -0.39 is 11.7 Å². The zero-order valence-corrected chi connectivity index (χ0v) is 8.34. The average Bonchev–Trinajstić information content (AvgIpc) is 1.86. The maximum Gasteiger partial charge on any atom is 2.00 e. The van der Waals surface area contributed by atoms with Gasteiger partial charge in [0.15, 0.2) is 0 Å². The van der Waals surface area contributed by atoms with E-state index in [0.29, 0.717) is 5.56 Å². The Labute approximate surface area is 91.4 Å². The van der Waals surface area contributed by atoms with E-state index in [1.165, 1.54) is 12.1 Å². The first-order chi connectivity index (χ1) is 5.00. The molecule has 0 spiro atoms. The predicted octanol–water partition coefficient (Wildman–Crippen LogP) is -0.111. The van der Waals surface area contributed by atoms with Crippen LogP contribution in [-0.4, -0.2) is 0 Å². The maximum atomic E-state index is 11.9. The minimum absolute atomic E-state index is 0. The van der Waals surface area contributed by atoms with Crippen LogP contribution in [0.2, 0.25) is 0 Å². The third-order valence-corrected chi connectivity index (χ3v) is 1.25. The summed E-state index contributed by atoms with van der Waals surface area (Å²) < 4.78 is 35.8. The third kappa shape index (κ3) is 4.46. The number of hydrogen-bond acceptors (Lipinski definition) is 0. The molecule has 0 amide bonds. The van der Waals surface area contributed by atoms with Gasteiger partial charge in [-0.25, -0.2) is 0 Å². The standard InChI is InChI=1S/C8H6F3.ClH.Mn/c1-6-3-2-4-7(5-6)8(9,10)11;;/h2-5H,1H2;1H;/q-1;;+2/p-1. The summed E-state index contributed by atoms with van der Waals surface area (Å²) >= 11 is 0. The van der Waals surface area contributed by atoms with Gasteiger partial charge in [-0.05, 0) is 5.56 Å². The number of halogens is 4. The SMILES string of the molecule is [CH2-]c1cccc(C(F)(F)F)c1.[Cl-].[Mn+2]. The first kappa shape index (κ1) is 15.2. The van der Waals surface area contributed by atoms with Crippen LogP contribution >= 0.6 is 0 Å². The van der Waals surface area contributed by atoms with Crippen molar-refractivity contribution >= 4 is 0 Å². The van der Waals surface area contributed by atoms with Crippen molar-refractivity contribution in [2.24, 2.45) is 0 Å². The molecule has 1 aromatic carbocycles. The minimum Gasteiger partial charge on any atom is -1.00 e. The van der Waals surface area contributed by atoms with Gasteiger partial charge >= 0.3 is 23.2 Å². The van der Waals surface area contributed by atoms with Crippen LogP contribution in [0.3, 0.4) is 0 Å². The monoisotopic (exact) mass is 249 g/mol. The second-order valence-corrected chi connectivity index (χ2v) is 2.20. The second-order valence-electron chi connectivity index (χ2n) is 2.20. The van der Waals surface area contributed by atoms with Crippen molar-refractivity contribution in [1.29, 1.82) is 0 Å². The van der Waals surface area contributed by atoms with Gasteiger partial charge in [-0.1, -0.05) is 6.07 Å². The smallest absolute Gasteiger partial charge is 1.00 e. The Balaban J connectivity index is 0. The summed E-state index contributed by atoms with van der Waals surface area (Å²) in [6.07, 6.45) is -4.26. The largest absolute Gasteiger partial charge is 2.00 e. The van der Waals surface area contributed by atoms with Crippen LogP contribution in [0.1, 0.15) is 11.1 Å². The van der Waals surface area contributed by atoms with Gasteiger partial charge in [0, 0.05) is 0 Å². The van der Waals surface area contributed by atoms with Crippen LogP contribution in [0.4, 0.5) is 13.2 Å². The Morgan fingerprint density at radius 2 is 1.69 bits per heavy atom. The van der Waals surface area contributed by atoms with Crippen molar-refractivity contribution in [2.45, 2.75) is 6.18 Å². The summed E-state index contributed by atoms with van der Waals surface area (Å²) in [7, 11) is 0. The van der Waals surface area contributed by atoms with E-state index in [1.54, 1.807) is 0 Å². The summed E-state index contributed by atoms with van der Waals surface area (Å²) in [5.74, 6) is 0. The van der Waals surface area contributed by atoms with Crippen molar-refractivity contribution in [3.05, 3.63) is 42.3 Å². The molecule has 0 N–H and O–H groups in total. The molecule has 13 heavy (non-hydrogen) atoms.